The van der Waals surface area contributed by atoms with Crippen LogP contribution in [0, 0.1) is 0 Å². The number of hydrogen-bond acceptors (Lipinski definition) is 1. The molecular formula is C16H27OP. The molecule has 1 nitrogen and oxygen atoms in total. The molecule has 0 radical (unpaired) electrons. The van der Waals surface area contributed by atoms with Crippen molar-refractivity contribution < 1.29 is 5.11 Å². The lowest BCUT2D eigenvalue weighted by atomic mass is 9.86. The first-order chi connectivity index (χ1) is 8.16. The maximum absolute atomic E-state index is 10.6. The second-order valence-electron chi connectivity index (χ2n) is 6.52. The zero-order valence-corrected chi connectivity index (χ0v) is 13.7. The standard InChI is InChI=1S/C16H27OP/c1-11(2)18(12(3)4)14-10-8-9-13(15(14)17)16(5,6)7/h8-12,17H,1-7H3. The molecule has 0 aliphatic carbocycles. The molecule has 0 unspecified atom stereocenters. The smallest absolute Gasteiger partial charge is 0.126 e. The van der Waals surface area contributed by atoms with Crippen molar-refractivity contribution in [3.63, 3.8) is 0 Å². The Balaban J connectivity index is 3.34. The fraction of sp³-hybridized carbons (Fsp3) is 0.625. The van der Waals surface area contributed by atoms with E-state index in [1.54, 1.807) is 0 Å². The van der Waals surface area contributed by atoms with Crippen molar-refractivity contribution in [2.24, 2.45) is 0 Å². The van der Waals surface area contributed by atoms with Crippen LogP contribution >= 0.6 is 7.92 Å². The van der Waals surface area contributed by atoms with Crippen molar-refractivity contribution in [1.29, 1.82) is 0 Å². The van der Waals surface area contributed by atoms with E-state index in [1.165, 1.54) is 5.30 Å². The first-order valence-electron chi connectivity index (χ1n) is 6.77. The highest BCUT2D eigenvalue weighted by Crippen LogP contribution is 2.48. The minimum atomic E-state index is -0.308. The van der Waals surface area contributed by atoms with Gasteiger partial charge < -0.3 is 5.11 Å². The zero-order valence-electron chi connectivity index (χ0n) is 12.8. The van der Waals surface area contributed by atoms with Gasteiger partial charge in [-0.15, -0.1) is 0 Å². The van der Waals surface area contributed by atoms with E-state index in [-0.39, 0.29) is 13.3 Å². The molecule has 0 saturated carbocycles. The molecule has 1 N–H and O–H groups in total. The van der Waals surface area contributed by atoms with Crippen molar-refractivity contribution in [2.75, 3.05) is 0 Å². The summed E-state index contributed by atoms with van der Waals surface area (Å²) in [6, 6.07) is 6.25. The van der Waals surface area contributed by atoms with Crippen molar-refractivity contribution in [3.8, 4) is 5.75 Å². The maximum Gasteiger partial charge on any atom is 0.126 e. The zero-order chi connectivity index (χ0) is 14.1. The number of phenolic OH excluding ortho intramolecular Hbond substituents is 1. The van der Waals surface area contributed by atoms with Gasteiger partial charge in [0.25, 0.3) is 0 Å². The van der Waals surface area contributed by atoms with Gasteiger partial charge in [0.05, 0.1) is 0 Å². The molecule has 0 aliphatic rings. The van der Waals surface area contributed by atoms with E-state index in [1.807, 2.05) is 6.07 Å². The summed E-state index contributed by atoms with van der Waals surface area (Å²) in [6.45, 7) is 15.5. The molecule has 2 heteroatoms. The van der Waals surface area contributed by atoms with Crippen LogP contribution in [0.3, 0.4) is 0 Å². The Hall–Kier alpha value is -0.550. The minimum absolute atomic E-state index is 0.00491. The summed E-state index contributed by atoms with van der Waals surface area (Å²) in [5, 5.41) is 11.8. The Kier molecular flexibility index (Phi) is 4.84. The highest BCUT2D eigenvalue weighted by Gasteiger charge is 2.26. The molecule has 0 aromatic heterocycles. The summed E-state index contributed by atoms with van der Waals surface area (Å²) in [4.78, 5) is 0. The van der Waals surface area contributed by atoms with E-state index < -0.39 is 0 Å². The number of hydrogen-bond donors (Lipinski definition) is 1. The van der Waals surface area contributed by atoms with Crippen LogP contribution < -0.4 is 5.30 Å². The molecule has 1 rings (SSSR count). The topological polar surface area (TPSA) is 20.2 Å². The second-order valence-corrected chi connectivity index (χ2v) is 9.88. The first kappa shape index (κ1) is 15.5. The number of rotatable bonds is 3. The Morgan fingerprint density at radius 3 is 1.89 bits per heavy atom. The predicted octanol–water partition coefficient (Wildman–Crippen LogP) is 4.61. The highest BCUT2D eigenvalue weighted by atomic mass is 31.1. The van der Waals surface area contributed by atoms with Gasteiger partial charge in [-0.05, 0) is 22.3 Å². The van der Waals surface area contributed by atoms with Crippen molar-refractivity contribution in [2.45, 2.75) is 65.2 Å². The molecule has 0 atom stereocenters. The number of para-hydroxylation sites is 1. The summed E-state index contributed by atoms with van der Waals surface area (Å²) < 4.78 is 0. The molecule has 0 aliphatic heterocycles. The molecule has 1 aromatic carbocycles. The number of aromatic hydroxyl groups is 1. The van der Waals surface area contributed by atoms with Crippen molar-refractivity contribution in [1.82, 2.24) is 0 Å². The van der Waals surface area contributed by atoms with Crippen molar-refractivity contribution >= 4 is 13.2 Å². The first-order valence-corrected chi connectivity index (χ1v) is 8.25. The third-order valence-corrected chi connectivity index (χ3v) is 6.36. The molecule has 0 bridgehead atoms. The monoisotopic (exact) mass is 266 g/mol. The van der Waals surface area contributed by atoms with E-state index in [0.717, 1.165) is 5.56 Å². The van der Waals surface area contributed by atoms with Crippen LogP contribution in [-0.2, 0) is 5.41 Å². The lowest BCUT2D eigenvalue weighted by Crippen LogP contribution is -2.19. The molecule has 1 aromatic rings. The quantitative estimate of drug-likeness (QED) is 0.792. The molecule has 0 saturated heterocycles. The fourth-order valence-corrected chi connectivity index (χ4v) is 5.43. The van der Waals surface area contributed by atoms with E-state index in [9.17, 15) is 5.11 Å². The van der Waals surface area contributed by atoms with Gasteiger partial charge in [0.1, 0.15) is 5.75 Å². The minimum Gasteiger partial charge on any atom is -0.507 e. The van der Waals surface area contributed by atoms with E-state index in [0.29, 0.717) is 17.1 Å². The highest BCUT2D eigenvalue weighted by molar-refractivity contribution is 7.67. The summed E-state index contributed by atoms with van der Waals surface area (Å²) >= 11 is 0. The Morgan fingerprint density at radius 2 is 1.50 bits per heavy atom. The van der Waals surface area contributed by atoms with Gasteiger partial charge in [-0.3, -0.25) is 0 Å². The molecule has 0 heterocycles. The van der Waals surface area contributed by atoms with E-state index in [4.69, 9.17) is 0 Å². The second kappa shape index (κ2) is 5.61. The van der Waals surface area contributed by atoms with Crippen LogP contribution in [0.15, 0.2) is 18.2 Å². The van der Waals surface area contributed by atoms with Gasteiger partial charge in [-0.2, -0.15) is 0 Å². The average Bonchev–Trinajstić information content (AvgIpc) is 2.17. The lowest BCUT2D eigenvalue weighted by Gasteiger charge is -2.29. The molecule has 18 heavy (non-hydrogen) atoms. The van der Waals surface area contributed by atoms with Crippen LogP contribution in [0.2, 0.25) is 0 Å². The Labute approximate surface area is 113 Å². The molecule has 102 valence electrons. The molecular weight excluding hydrogens is 239 g/mol. The molecule has 0 amide bonds. The summed E-state index contributed by atoms with van der Waals surface area (Å²) in [6.07, 6.45) is 0. The van der Waals surface area contributed by atoms with Gasteiger partial charge in [0, 0.05) is 5.30 Å². The van der Waals surface area contributed by atoms with E-state index in [2.05, 4.69) is 60.6 Å². The van der Waals surface area contributed by atoms with Gasteiger partial charge in [0.2, 0.25) is 0 Å². The maximum atomic E-state index is 10.6. The predicted molar refractivity (Wildman–Crippen MR) is 83.6 cm³/mol. The van der Waals surface area contributed by atoms with Crippen molar-refractivity contribution in [3.05, 3.63) is 23.8 Å². The molecule has 0 fully saturated rings. The fourth-order valence-electron chi connectivity index (χ4n) is 2.50. The molecule has 0 spiro atoms. The average molecular weight is 266 g/mol. The van der Waals surface area contributed by atoms with Crippen LogP contribution in [0.25, 0.3) is 0 Å². The summed E-state index contributed by atoms with van der Waals surface area (Å²) in [7, 11) is -0.308. The van der Waals surface area contributed by atoms with Crippen LogP contribution in [0.4, 0.5) is 0 Å². The van der Waals surface area contributed by atoms with E-state index >= 15 is 0 Å². The van der Waals surface area contributed by atoms with Crippen LogP contribution in [0.1, 0.15) is 54.0 Å². The normalized spacial score (nSPS) is 12.8. The lowest BCUT2D eigenvalue weighted by molar-refractivity contribution is 0.450. The summed E-state index contributed by atoms with van der Waals surface area (Å²) in [5.41, 5.74) is 2.26. The largest absolute Gasteiger partial charge is 0.507 e. The summed E-state index contributed by atoms with van der Waals surface area (Å²) in [5.74, 6) is 0.526. The third kappa shape index (κ3) is 3.26. The Morgan fingerprint density at radius 1 is 1.00 bits per heavy atom. The van der Waals surface area contributed by atoms with Gasteiger partial charge in [-0.1, -0.05) is 74.6 Å². The number of benzene rings is 1. The number of phenols is 1. The SMILES string of the molecule is CC(C)P(c1cccc(C(C)(C)C)c1O)C(C)C. The van der Waals surface area contributed by atoms with Crippen LogP contribution in [0.5, 0.6) is 5.75 Å². The third-order valence-electron chi connectivity index (χ3n) is 3.21. The van der Waals surface area contributed by atoms with Gasteiger partial charge in [-0.25, -0.2) is 0 Å². The van der Waals surface area contributed by atoms with Crippen LogP contribution in [-0.4, -0.2) is 16.4 Å². The Bertz CT molecular complexity index is 394. The van der Waals surface area contributed by atoms with Gasteiger partial charge >= 0.3 is 0 Å². The van der Waals surface area contributed by atoms with Gasteiger partial charge in [0.15, 0.2) is 0 Å².